The van der Waals surface area contributed by atoms with Crippen molar-refractivity contribution >= 4 is 21.8 Å². The number of rotatable bonds is 4. The van der Waals surface area contributed by atoms with Gasteiger partial charge >= 0.3 is 5.69 Å². The van der Waals surface area contributed by atoms with Gasteiger partial charge in [0.15, 0.2) is 17.5 Å². The van der Waals surface area contributed by atoms with Crippen molar-refractivity contribution in [3.63, 3.8) is 0 Å². The van der Waals surface area contributed by atoms with Crippen LogP contribution in [0.2, 0.25) is 0 Å². The maximum atomic E-state index is 12.5. The fourth-order valence-electron chi connectivity index (χ4n) is 7.57. The second-order valence-electron chi connectivity index (χ2n) is 13.4. The molecule has 0 spiro atoms. The Kier molecular flexibility index (Phi) is 6.33. The van der Waals surface area contributed by atoms with Gasteiger partial charge in [0.25, 0.3) is 0 Å². The van der Waals surface area contributed by atoms with Crippen LogP contribution in [0.1, 0.15) is 25.0 Å². The Morgan fingerprint density at radius 2 is 1.06 bits per heavy atom. The summed E-state index contributed by atoms with van der Waals surface area (Å²) in [5.74, 6) is 1.89. The molecule has 49 heavy (non-hydrogen) atoms. The van der Waals surface area contributed by atoms with Crippen LogP contribution in [0.25, 0.3) is 78.2 Å². The topological polar surface area (TPSA) is 65.6 Å². The van der Waals surface area contributed by atoms with Crippen LogP contribution < -0.4 is 5.69 Å². The molecule has 8 aromatic rings. The van der Waals surface area contributed by atoms with Crippen molar-refractivity contribution in [1.29, 1.82) is 0 Å². The molecule has 0 atom stereocenters. The van der Waals surface area contributed by atoms with E-state index in [0.29, 0.717) is 17.5 Å². The summed E-state index contributed by atoms with van der Waals surface area (Å²) >= 11 is 0. The van der Waals surface area contributed by atoms with Crippen molar-refractivity contribution in [2.24, 2.45) is 14.1 Å². The molecular weight excluding hydrogens is 603 g/mol. The average Bonchev–Trinajstić information content (AvgIpc) is 3.52. The summed E-state index contributed by atoms with van der Waals surface area (Å²) in [6.45, 7) is 4.61. The van der Waals surface area contributed by atoms with E-state index in [1.165, 1.54) is 27.6 Å². The van der Waals surface area contributed by atoms with Crippen LogP contribution in [0.15, 0.2) is 132 Å². The molecule has 6 heteroatoms. The lowest BCUT2D eigenvalue weighted by atomic mass is 9.81. The SMILES string of the molecule is Cn1c(=O)n(C)c2cc(-c3ccc(-c4nc(-c5ccccc5)nc(-c5cc6c(c7ccccc57)-c5ccccc5C6(C)C)n4)cc3)ccc21. The van der Waals surface area contributed by atoms with Crippen molar-refractivity contribution in [3.05, 3.63) is 149 Å². The van der Waals surface area contributed by atoms with E-state index in [1.54, 1.807) is 16.2 Å². The predicted octanol–water partition coefficient (Wildman–Crippen LogP) is 9.19. The van der Waals surface area contributed by atoms with Gasteiger partial charge in [-0.15, -0.1) is 0 Å². The molecule has 1 aliphatic rings. The highest BCUT2D eigenvalue weighted by Crippen LogP contribution is 2.52. The highest BCUT2D eigenvalue weighted by molar-refractivity contribution is 6.08. The monoisotopic (exact) mass is 635 g/mol. The Bertz CT molecular complexity index is 2670. The molecule has 2 heterocycles. The van der Waals surface area contributed by atoms with Crippen LogP contribution in [0, 0.1) is 0 Å². The Balaban J connectivity index is 1.21. The van der Waals surface area contributed by atoms with Crippen molar-refractivity contribution in [2.75, 3.05) is 0 Å². The molecule has 0 unspecified atom stereocenters. The zero-order valence-electron chi connectivity index (χ0n) is 27.8. The molecule has 0 N–H and O–H groups in total. The molecule has 0 radical (unpaired) electrons. The number of benzene rings is 6. The highest BCUT2D eigenvalue weighted by atomic mass is 16.1. The number of fused-ring (bicyclic) bond motifs is 6. The van der Waals surface area contributed by atoms with Crippen molar-refractivity contribution < 1.29 is 0 Å². The maximum Gasteiger partial charge on any atom is 0.328 e. The van der Waals surface area contributed by atoms with E-state index in [-0.39, 0.29) is 11.1 Å². The lowest BCUT2D eigenvalue weighted by Crippen LogP contribution is -2.19. The van der Waals surface area contributed by atoms with Gasteiger partial charge in [0.05, 0.1) is 11.0 Å². The second-order valence-corrected chi connectivity index (χ2v) is 13.4. The van der Waals surface area contributed by atoms with E-state index in [2.05, 4.69) is 105 Å². The fourth-order valence-corrected chi connectivity index (χ4v) is 7.57. The Labute approximate surface area is 284 Å². The normalized spacial score (nSPS) is 13.1. The molecule has 0 saturated heterocycles. The third-order valence-corrected chi connectivity index (χ3v) is 10.2. The van der Waals surface area contributed by atoms with Gasteiger partial charge in [0, 0.05) is 36.2 Å². The van der Waals surface area contributed by atoms with Crippen LogP contribution in [-0.2, 0) is 19.5 Å². The third-order valence-electron chi connectivity index (χ3n) is 10.2. The minimum atomic E-state index is -0.173. The number of nitrogens with zero attached hydrogens (tertiary/aromatic N) is 5. The van der Waals surface area contributed by atoms with Crippen LogP contribution in [0.4, 0.5) is 0 Å². The molecule has 6 nitrogen and oxygen atoms in total. The zero-order valence-corrected chi connectivity index (χ0v) is 27.8. The van der Waals surface area contributed by atoms with Gasteiger partial charge < -0.3 is 0 Å². The molecule has 236 valence electrons. The van der Waals surface area contributed by atoms with Crippen LogP contribution >= 0.6 is 0 Å². The van der Waals surface area contributed by atoms with Crippen molar-refractivity contribution in [3.8, 4) is 56.4 Å². The summed E-state index contributed by atoms with van der Waals surface area (Å²) in [4.78, 5) is 27.8. The van der Waals surface area contributed by atoms with Gasteiger partial charge in [-0.3, -0.25) is 9.13 Å². The van der Waals surface area contributed by atoms with E-state index >= 15 is 0 Å². The van der Waals surface area contributed by atoms with E-state index in [1.807, 2.05) is 43.4 Å². The minimum Gasteiger partial charge on any atom is -0.295 e. The second kappa shape index (κ2) is 10.7. The first-order valence-corrected chi connectivity index (χ1v) is 16.5. The van der Waals surface area contributed by atoms with E-state index in [9.17, 15) is 4.79 Å². The summed E-state index contributed by atoms with van der Waals surface area (Å²) in [5.41, 5.74) is 11.7. The third kappa shape index (κ3) is 4.41. The van der Waals surface area contributed by atoms with Crippen LogP contribution in [-0.4, -0.2) is 24.1 Å². The summed E-state index contributed by atoms with van der Waals surface area (Å²) in [7, 11) is 3.61. The summed E-state index contributed by atoms with van der Waals surface area (Å²) in [5, 5.41) is 2.32. The average molecular weight is 636 g/mol. The number of imidazole rings is 1. The first-order chi connectivity index (χ1) is 23.8. The van der Waals surface area contributed by atoms with E-state index < -0.39 is 0 Å². The lowest BCUT2D eigenvalue weighted by Gasteiger charge is -2.22. The lowest BCUT2D eigenvalue weighted by molar-refractivity contribution is 0.661. The Morgan fingerprint density at radius 1 is 0.490 bits per heavy atom. The summed E-state index contributed by atoms with van der Waals surface area (Å²) in [6.07, 6.45) is 0. The molecule has 0 fully saturated rings. The maximum absolute atomic E-state index is 12.5. The molecule has 0 amide bonds. The van der Waals surface area contributed by atoms with Gasteiger partial charge in [-0.2, -0.15) is 0 Å². The quantitative estimate of drug-likeness (QED) is 0.193. The van der Waals surface area contributed by atoms with Crippen LogP contribution in [0.5, 0.6) is 0 Å². The largest absolute Gasteiger partial charge is 0.328 e. The zero-order chi connectivity index (χ0) is 33.4. The number of hydrogen-bond donors (Lipinski definition) is 0. The molecular formula is C43H33N5O. The summed E-state index contributed by atoms with van der Waals surface area (Å²) in [6, 6.07) is 44.2. The Hall–Kier alpha value is -6.14. The molecule has 6 aromatic carbocycles. The van der Waals surface area contributed by atoms with Gasteiger partial charge in [0.1, 0.15) is 0 Å². The predicted molar refractivity (Wildman–Crippen MR) is 198 cm³/mol. The first-order valence-electron chi connectivity index (χ1n) is 16.5. The first kappa shape index (κ1) is 29.0. The van der Waals surface area contributed by atoms with Gasteiger partial charge in [0.2, 0.25) is 0 Å². The Morgan fingerprint density at radius 3 is 1.82 bits per heavy atom. The molecule has 0 saturated carbocycles. The molecule has 0 bridgehead atoms. The van der Waals surface area contributed by atoms with Crippen molar-refractivity contribution in [1.82, 2.24) is 24.1 Å². The molecule has 2 aromatic heterocycles. The van der Waals surface area contributed by atoms with E-state index in [4.69, 9.17) is 15.0 Å². The number of hydrogen-bond acceptors (Lipinski definition) is 4. The van der Waals surface area contributed by atoms with Crippen LogP contribution in [0.3, 0.4) is 0 Å². The van der Waals surface area contributed by atoms with Gasteiger partial charge in [-0.25, -0.2) is 19.7 Å². The standard InChI is InChI=1S/C43H33N5O/c1-43(2)34-17-11-10-16-32(34)38-31-15-9-8-14-30(31)33(25-35(38)43)41-45-39(27-12-6-5-7-13-27)44-40(46-41)28-20-18-26(19-21-28)29-22-23-36-37(24-29)48(4)42(49)47(36)3/h5-25H,1-4H3. The minimum absolute atomic E-state index is 0.0355. The van der Waals surface area contributed by atoms with E-state index in [0.717, 1.165) is 44.2 Å². The van der Waals surface area contributed by atoms with Crippen molar-refractivity contribution in [2.45, 2.75) is 19.3 Å². The smallest absolute Gasteiger partial charge is 0.295 e. The highest BCUT2D eigenvalue weighted by Gasteiger charge is 2.37. The summed E-state index contributed by atoms with van der Waals surface area (Å²) < 4.78 is 3.36. The van der Waals surface area contributed by atoms with Gasteiger partial charge in [-0.1, -0.05) is 123 Å². The molecule has 1 aliphatic carbocycles. The van der Waals surface area contributed by atoms with Gasteiger partial charge in [-0.05, 0) is 62.4 Å². The molecule has 9 rings (SSSR count). The number of aryl methyl sites for hydroxylation is 2. The fraction of sp³-hybridized carbons (Fsp3) is 0.116. The number of aromatic nitrogens is 5. The molecule has 0 aliphatic heterocycles.